The van der Waals surface area contributed by atoms with E-state index in [1.165, 1.54) is 23.5 Å². The first-order valence-electron chi connectivity index (χ1n) is 6.24. The van der Waals surface area contributed by atoms with Gasteiger partial charge in [0.15, 0.2) is 11.6 Å². The summed E-state index contributed by atoms with van der Waals surface area (Å²) in [5, 5.41) is 20.0. The molecule has 0 unspecified atom stereocenters. The van der Waals surface area contributed by atoms with Crippen molar-refractivity contribution in [3.05, 3.63) is 46.0 Å². The van der Waals surface area contributed by atoms with E-state index in [4.69, 9.17) is 5.26 Å². The van der Waals surface area contributed by atoms with Crippen LogP contribution in [0.2, 0.25) is 0 Å². The molecule has 1 amide bonds. The largest absolute Gasteiger partial charge is 0.296 e. The first-order valence-corrected chi connectivity index (χ1v) is 7.06. The van der Waals surface area contributed by atoms with Gasteiger partial charge < -0.3 is 0 Å². The Morgan fingerprint density at radius 2 is 2.23 bits per heavy atom. The van der Waals surface area contributed by atoms with Crippen LogP contribution in [-0.2, 0) is 11.2 Å². The number of hydrogen-bond acceptors (Lipinski definition) is 5. The monoisotopic (exact) mass is 320 g/mol. The van der Waals surface area contributed by atoms with Gasteiger partial charge in [0.05, 0.1) is 0 Å². The molecule has 8 heteroatoms. The number of amides is 1. The lowest BCUT2D eigenvalue weighted by Crippen LogP contribution is -2.13. The number of hydrogen-bond donors (Lipinski definition) is 1. The van der Waals surface area contributed by atoms with Gasteiger partial charge in [-0.2, -0.15) is 5.26 Å². The Kier molecular flexibility index (Phi) is 4.91. The summed E-state index contributed by atoms with van der Waals surface area (Å²) in [5.41, 5.74) is -0.545. The van der Waals surface area contributed by atoms with E-state index in [1.807, 2.05) is 6.92 Å². The van der Waals surface area contributed by atoms with Crippen LogP contribution >= 0.6 is 11.3 Å². The normalized spacial score (nSPS) is 11.1. The van der Waals surface area contributed by atoms with Crippen LogP contribution < -0.4 is 5.32 Å². The van der Waals surface area contributed by atoms with Crippen molar-refractivity contribution < 1.29 is 13.6 Å². The van der Waals surface area contributed by atoms with E-state index in [0.717, 1.165) is 17.2 Å². The fourth-order valence-electron chi connectivity index (χ4n) is 1.55. The number of benzene rings is 1. The Morgan fingerprint density at radius 1 is 1.45 bits per heavy atom. The minimum atomic E-state index is -1.12. The molecule has 0 saturated heterocycles. The molecule has 2 aromatic rings. The van der Waals surface area contributed by atoms with Crippen molar-refractivity contribution in [3.8, 4) is 6.07 Å². The first-order chi connectivity index (χ1) is 10.5. The quantitative estimate of drug-likeness (QED) is 0.694. The third kappa shape index (κ3) is 3.51. The molecule has 5 nitrogen and oxygen atoms in total. The molecule has 0 radical (unpaired) electrons. The van der Waals surface area contributed by atoms with Crippen LogP contribution in [0.1, 0.15) is 17.5 Å². The highest BCUT2D eigenvalue weighted by Crippen LogP contribution is 2.18. The zero-order valence-corrected chi connectivity index (χ0v) is 12.2. The molecule has 0 spiro atoms. The SMILES string of the molecule is CCc1nnc(NC(=O)C(C#N)=Cc2cccc(F)c2F)s1. The molecular formula is C14H10F2N4OS. The number of aryl methyl sites for hydroxylation is 1. The van der Waals surface area contributed by atoms with Gasteiger partial charge in [0.25, 0.3) is 5.91 Å². The number of carbonyl (C=O) groups excluding carboxylic acids is 1. The smallest absolute Gasteiger partial charge is 0.268 e. The van der Waals surface area contributed by atoms with Crippen molar-refractivity contribution in [2.24, 2.45) is 0 Å². The second kappa shape index (κ2) is 6.87. The maximum atomic E-state index is 13.6. The van der Waals surface area contributed by atoms with E-state index in [0.29, 0.717) is 6.42 Å². The van der Waals surface area contributed by atoms with Gasteiger partial charge >= 0.3 is 0 Å². The molecule has 1 aromatic heterocycles. The van der Waals surface area contributed by atoms with Crippen LogP contribution in [0.3, 0.4) is 0 Å². The highest BCUT2D eigenvalue weighted by atomic mass is 32.1. The summed E-state index contributed by atoms with van der Waals surface area (Å²) in [7, 11) is 0. The Morgan fingerprint density at radius 3 is 2.86 bits per heavy atom. The molecule has 1 aromatic carbocycles. The molecule has 112 valence electrons. The van der Waals surface area contributed by atoms with Crippen LogP contribution in [0.5, 0.6) is 0 Å². The molecule has 22 heavy (non-hydrogen) atoms. The Hall–Kier alpha value is -2.66. The van der Waals surface area contributed by atoms with Crippen LogP contribution in [-0.4, -0.2) is 16.1 Å². The number of halogens is 2. The van der Waals surface area contributed by atoms with E-state index >= 15 is 0 Å². The molecule has 0 aliphatic heterocycles. The second-order valence-corrected chi connectivity index (χ2v) is 5.18. The van der Waals surface area contributed by atoms with Crippen LogP contribution in [0.15, 0.2) is 23.8 Å². The summed E-state index contributed by atoms with van der Waals surface area (Å²) >= 11 is 1.18. The summed E-state index contributed by atoms with van der Waals surface area (Å²) in [6.45, 7) is 1.89. The van der Waals surface area contributed by atoms with Crippen molar-refractivity contribution >= 4 is 28.5 Å². The molecular weight excluding hydrogens is 310 g/mol. The number of nitrogens with zero attached hydrogens (tertiary/aromatic N) is 3. The van der Waals surface area contributed by atoms with Gasteiger partial charge in [-0.15, -0.1) is 10.2 Å². The summed E-state index contributed by atoms with van der Waals surface area (Å²) in [4.78, 5) is 12.0. The van der Waals surface area contributed by atoms with E-state index in [2.05, 4.69) is 15.5 Å². The fourth-order valence-corrected chi connectivity index (χ4v) is 2.22. The number of aromatic nitrogens is 2. The van der Waals surface area contributed by atoms with Crippen LogP contribution in [0.25, 0.3) is 6.08 Å². The van der Waals surface area contributed by atoms with E-state index in [1.54, 1.807) is 6.07 Å². The maximum absolute atomic E-state index is 13.6. The lowest BCUT2D eigenvalue weighted by Gasteiger charge is -2.01. The molecule has 1 N–H and O–H groups in total. The van der Waals surface area contributed by atoms with Gasteiger partial charge in [-0.3, -0.25) is 10.1 Å². The minimum Gasteiger partial charge on any atom is -0.296 e. The van der Waals surface area contributed by atoms with Crippen molar-refractivity contribution in [1.29, 1.82) is 5.26 Å². The summed E-state index contributed by atoms with van der Waals surface area (Å²) < 4.78 is 26.7. The molecule has 0 saturated carbocycles. The minimum absolute atomic E-state index is 0.182. The molecule has 0 bridgehead atoms. The average Bonchev–Trinajstić information content (AvgIpc) is 2.96. The summed E-state index contributed by atoms with van der Waals surface area (Å²) in [6, 6.07) is 5.16. The lowest BCUT2D eigenvalue weighted by atomic mass is 10.1. The van der Waals surface area contributed by atoms with Gasteiger partial charge in [-0.25, -0.2) is 8.78 Å². The summed E-state index contributed by atoms with van der Waals surface area (Å²) in [6.07, 6.45) is 1.65. The Bertz CT molecular complexity index is 779. The number of rotatable bonds is 4. The van der Waals surface area contributed by atoms with Crippen LogP contribution in [0.4, 0.5) is 13.9 Å². The Labute approximate surface area is 128 Å². The lowest BCUT2D eigenvalue weighted by molar-refractivity contribution is -0.112. The Balaban J connectivity index is 2.23. The number of carbonyl (C=O) groups is 1. The third-order valence-corrected chi connectivity index (χ3v) is 3.62. The average molecular weight is 320 g/mol. The first kappa shape index (κ1) is 15.7. The van der Waals surface area contributed by atoms with Crippen molar-refractivity contribution in [2.45, 2.75) is 13.3 Å². The van der Waals surface area contributed by atoms with Gasteiger partial charge in [0.1, 0.15) is 16.6 Å². The van der Waals surface area contributed by atoms with E-state index in [9.17, 15) is 13.6 Å². The zero-order chi connectivity index (χ0) is 16.1. The molecule has 1 heterocycles. The predicted molar refractivity (Wildman–Crippen MR) is 77.9 cm³/mol. The highest BCUT2D eigenvalue weighted by molar-refractivity contribution is 7.15. The summed E-state index contributed by atoms with van der Waals surface area (Å²) in [5.74, 6) is -2.93. The van der Waals surface area contributed by atoms with E-state index < -0.39 is 17.5 Å². The standard InChI is InChI=1S/C14H10F2N4OS/c1-2-11-19-20-14(22-11)18-13(21)9(7-17)6-8-4-3-5-10(15)12(8)16/h3-6H,2H2,1H3,(H,18,20,21). The zero-order valence-electron chi connectivity index (χ0n) is 11.4. The highest BCUT2D eigenvalue weighted by Gasteiger charge is 2.14. The third-order valence-electron chi connectivity index (χ3n) is 2.64. The van der Waals surface area contributed by atoms with Gasteiger partial charge in [-0.05, 0) is 18.6 Å². The predicted octanol–water partition coefficient (Wildman–Crippen LogP) is 2.92. The topological polar surface area (TPSA) is 78.7 Å². The maximum Gasteiger partial charge on any atom is 0.268 e. The van der Waals surface area contributed by atoms with Crippen molar-refractivity contribution in [2.75, 3.05) is 5.32 Å². The van der Waals surface area contributed by atoms with E-state index in [-0.39, 0.29) is 16.3 Å². The molecule has 0 atom stereocenters. The number of nitriles is 1. The fraction of sp³-hybridized carbons (Fsp3) is 0.143. The molecule has 0 fully saturated rings. The molecule has 0 aliphatic rings. The number of anilines is 1. The molecule has 0 aliphatic carbocycles. The van der Waals surface area contributed by atoms with Crippen molar-refractivity contribution in [3.63, 3.8) is 0 Å². The molecule has 2 rings (SSSR count). The van der Waals surface area contributed by atoms with Gasteiger partial charge in [-0.1, -0.05) is 30.4 Å². The number of nitrogens with one attached hydrogen (secondary N) is 1. The van der Waals surface area contributed by atoms with Gasteiger partial charge in [0, 0.05) is 5.56 Å². The van der Waals surface area contributed by atoms with Crippen molar-refractivity contribution in [1.82, 2.24) is 10.2 Å². The van der Waals surface area contributed by atoms with Gasteiger partial charge in [0.2, 0.25) is 5.13 Å². The second-order valence-electron chi connectivity index (χ2n) is 4.12. The van der Waals surface area contributed by atoms with Crippen LogP contribution in [0, 0.1) is 23.0 Å².